The zero-order valence-corrected chi connectivity index (χ0v) is 20.8. The van der Waals surface area contributed by atoms with Crippen molar-refractivity contribution in [2.45, 2.75) is 57.7 Å². The van der Waals surface area contributed by atoms with Crippen LogP contribution in [0.5, 0.6) is 0 Å². The Kier molecular flexibility index (Phi) is 8.66. The van der Waals surface area contributed by atoms with E-state index in [0.717, 1.165) is 23.7 Å². The number of benzene rings is 1. The number of nitrogens with one attached hydrogen (secondary N) is 2. The first-order chi connectivity index (χ1) is 17.2. The summed E-state index contributed by atoms with van der Waals surface area (Å²) in [6, 6.07) is 3.29. The van der Waals surface area contributed by atoms with Crippen LogP contribution in [0, 0.1) is 11.7 Å². The summed E-state index contributed by atoms with van der Waals surface area (Å²) in [5.41, 5.74) is 1.08. The molecule has 2 aromatic rings. The molecular weight excluding hydrogens is 498 g/mol. The van der Waals surface area contributed by atoms with Crippen molar-refractivity contribution in [3.63, 3.8) is 0 Å². The fourth-order valence-electron chi connectivity index (χ4n) is 4.95. The maximum absolute atomic E-state index is 14.7. The summed E-state index contributed by atoms with van der Waals surface area (Å²) < 4.78 is 54.9. The van der Waals surface area contributed by atoms with Crippen LogP contribution in [0.1, 0.15) is 61.0 Å². The Bertz CT molecular complexity index is 1090. The van der Waals surface area contributed by atoms with Crippen molar-refractivity contribution in [1.82, 2.24) is 20.2 Å². The molecule has 4 rings (SSSR count). The molecule has 196 valence electrons. The Morgan fingerprint density at radius 1 is 1.31 bits per heavy atom. The molecule has 1 aliphatic heterocycles. The summed E-state index contributed by atoms with van der Waals surface area (Å²) in [5.74, 6) is -0.375. The molecule has 6 nitrogen and oxygen atoms in total. The molecule has 0 bridgehead atoms. The lowest BCUT2D eigenvalue weighted by Crippen LogP contribution is -2.36. The Hall–Kier alpha value is -2.46. The van der Waals surface area contributed by atoms with Crippen LogP contribution < -0.4 is 10.6 Å². The predicted molar refractivity (Wildman–Crippen MR) is 130 cm³/mol. The highest BCUT2D eigenvalue weighted by Crippen LogP contribution is 2.35. The van der Waals surface area contributed by atoms with Gasteiger partial charge in [0.1, 0.15) is 17.8 Å². The van der Waals surface area contributed by atoms with E-state index in [0.29, 0.717) is 44.6 Å². The van der Waals surface area contributed by atoms with E-state index >= 15 is 0 Å². The molecule has 36 heavy (non-hydrogen) atoms. The molecule has 11 heteroatoms. The number of aryl methyl sites for hydroxylation is 1. The quantitative estimate of drug-likeness (QED) is 0.390. The number of amides is 1. The van der Waals surface area contributed by atoms with Gasteiger partial charge in [-0.15, -0.1) is 0 Å². The first-order valence-corrected chi connectivity index (χ1v) is 12.6. The third-order valence-electron chi connectivity index (χ3n) is 6.92. The molecule has 1 saturated heterocycles. The fourth-order valence-corrected chi connectivity index (χ4v) is 5.14. The van der Waals surface area contributed by atoms with Crippen LogP contribution in [-0.2, 0) is 17.6 Å². The second-order valence-corrected chi connectivity index (χ2v) is 9.81. The van der Waals surface area contributed by atoms with Crippen LogP contribution in [0.25, 0.3) is 0 Å². The Labute approximate surface area is 212 Å². The SMILES string of the molecule is C[C@@H](Nc1nc(Cl)nc2c1CC(CCC(=O)N1CCNCC(F)C1)CC2)c1cccc(C(F)F)c1F. The molecule has 0 spiro atoms. The van der Waals surface area contributed by atoms with Crippen LogP contribution in [0.4, 0.5) is 23.4 Å². The largest absolute Gasteiger partial charge is 0.363 e. The first-order valence-electron chi connectivity index (χ1n) is 12.2. The highest BCUT2D eigenvalue weighted by atomic mass is 35.5. The van der Waals surface area contributed by atoms with Crippen molar-refractivity contribution in [3.8, 4) is 0 Å². The van der Waals surface area contributed by atoms with Crippen molar-refractivity contribution in [2.24, 2.45) is 5.92 Å². The van der Waals surface area contributed by atoms with Crippen LogP contribution >= 0.6 is 11.6 Å². The van der Waals surface area contributed by atoms with Crippen molar-refractivity contribution in [3.05, 3.63) is 51.7 Å². The summed E-state index contributed by atoms with van der Waals surface area (Å²) in [5, 5.41) is 6.18. The Morgan fingerprint density at radius 3 is 2.86 bits per heavy atom. The van der Waals surface area contributed by atoms with Crippen molar-refractivity contribution in [2.75, 3.05) is 31.5 Å². The van der Waals surface area contributed by atoms with E-state index in [1.54, 1.807) is 11.8 Å². The minimum atomic E-state index is -2.91. The van der Waals surface area contributed by atoms with Gasteiger partial charge in [-0.05, 0) is 50.1 Å². The molecule has 1 aromatic carbocycles. The number of hydrogen-bond acceptors (Lipinski definition) is 5. The molecule has 1 aliphatic carbocycles. The van der Waals surface area contributed by atoms with Gasteiger partial charge in [0.2, 0.25) is 11.2 Å². The zero-order valence-electron chi connectivity index (χ0n) is 20.0. The van der Waals surface area contributed by atoms with Gasteiger partial charge in [0.05, 0.1) is 23.8 Å². The van der Waals surface area contributed by atoms with E-state index in [1.807, 2.05) is 0 Å². The van der Waals surface area contributed by atoms with E-state index in [4.69, 9.17) is 11.6 Å². The fraction of sp³-hybridized carbons (Fsp3) is 0.560. The zero-order chi connectivity index (χ0) is 25.8. The van der Waals surface area contributed by atoms with E-state index < -0.39 is 30.0 Å². The summed E-state index contributed by atoms with van der Waals surface area (Å²) in [4.78, 5) is 22.9. The van der Waals surface area contributed by atoms with E-state index in [9.17, 15) is 22.4 Å². The summed E-state index contributed by atoms with van der Waals surface area (Å²) >= 11 is 6.14. The van der Waals surface area contributed by atoms with Gasteiger partial charge in [0.15, 0.2) is 0 Å². The van der Waals surface area contributed by atoms with Gasteiger partial charge in [-0.3, -0.25) is 4.79 Å². The minimum absolute atomic E-state index is 0.0504. The van der Waals surface area contributed by atoms with E-state index in [1.165, 1.54) is 12.1 Å². The van der Waals surface area contributed by atoms with E-state index in [-0.39, 0.29) is 35.8 Å². The van der Waals surface area contributed by atoms with Crippen molar-refractivity contribution in [1.29, 1.82) is 0 Å². The normalized spacial score (nSPS) is 21.1. The van der Waals surface area contributed by atoms with Gasteiger partial charge in [-0.2, -0.15) is 0 Å². The lowest BCUT2D eigenvalue weighted by Gasteiger charge is -2.28. The number of rotatable bonds is 7. The number of halogens is 5. The number of aromatic nitrogens is 2. The highest BCUT2D eigenvalue weighted by Gasteiger charge is 2.28. The van der Waals surface area contributed by atoms with Crippen LogP contribution in [0.15, 0.2) is 18.2 Å². The molecule has 2 N–H and O–H groups in total. The van der Waals surface area contributed by atoms with Crippen molar-refractivity contribution >= 4 is 23.3 Å². The summed E-state index contributed by atoms with van der Waals surface area (Å²) in [6.45, 7) is 3.11. The Balaban J connectivity index is 1.45. The maximum atomic E-state index is 14.7. The molecule has 2 unspecified atom stereocenters. The Morgan fingerprint density at radius 2 is 2.08 bits per heavy atom. The van der Waals surface area contributed by atoms with Gasteiger partial charge < -0.3 is 15.5 Å². The predicted octanol–water partition coefficient (Wildman–Crippen LogP) is 5.03. The number of carbonyl (C=O) groups is 1. The molecule has 1 aromatic heterocycles. The average molecular weight is 528 g/mol. The lowest BCUT2D eigenvalue weighted by atomic mass is 9.83. The minimum Gasteiger partial charge on any atom is -0.363 e. The molecule has 1 fully saturated rings. The smallest absolute Gasteiger partial charge is 0.266 e. The maximum Gasteiger partial charge on any atom is 0.266 e. The van der Waals surface area contributed by atoms with Crippen LogP contribution in [-0.4, -0.2) is 53.1 Å². The molecule has 0 radical (unpaired) electrons. The molecule has 2 aliphatic rings. The number of nitrogens with zero attached hydrogens (tertiary/aromatic N) is 3. The summed E-state index contributed by atoms with van der Waals surface area (Å²) in [6.07, 6.45) is -0.948. The molecule has 0 saturated carbocycles. The average Bonchev–Trinajstić information content (AvgIpc) is 3.06. The topological polar surface area (TPSA) is 70.2 Å². The van der Waals surface area contributed by atoms with Gasteiger partial charge in [-0.1, -0.05) is 18.2 Å². The van der Waals surface area contributed by atoms with Crippen LogP contribution in [0.2, 0.25) is 5.28 Å². The molecule has 2 heterocycles. The molecule has 1 amide bonds. The number of carbonyl (C=O) groups excluding carboxylic acids is 1. The standard InChI is InChI=1S/C25H30ClF4N5O/c1-14(17-3-2-4-18(22(17)28)23(29)30)32-24-19-11-15(5-7-20(19)33-25(26)34-24)6-8-21(36)35-10-9-31-12-16(27)13-35/h2-4,14-16,23,31H,5-13H2,1H3,(H,32,33,34)/t14-,15?,16?/m1/s1. The second kappa shape index (κ2) is 11.7. The lowest BCUT2D eigenvalue weighted by molar-refractivity contribution is -0.131. The monoisotopic (exact) mass is 527 g/mol. The number of hydrogen-bond donors (Lipinski definition) is 2. The van der Waals surface area contributed by atoms with Gasteiger partial charge in [0.25, 0.3) is 6.43 Å². The van der Waals surface area contributed by atoms with Crippen LogP contribution in [0.3, 0.4) is 0 Å². The van der Waals surface area contributed by atoms with Crippen molar-refractivity contribution < 1.29 is 22.4 Å². The summed E-state index contributed by atoms with van der Waals surface area (Å²) in [7, 11) is 0. The number of alkyl halides is 3. The van der Waals surface area contributed by atoms with E-state index in [2.05, 4.69) is 20.6 Å². The molecular formula is C25H30ClF4N5O. The van der Waals surface area contributed by atoms with Gasteiger partial charge >= 0.3 is 0 Å². The van der Waals surface area contributed by atoms with Gasteiger partial charge in [0, 0.05) is 37.2 Å². The van der Waals surface area contributed by atoms with Gasteiger partial charge in [-0.25, -0.2) is 27.5 Å². The third kappa shape index (κ3) is 6.26. The third-order valence-corrected chi connectivity index (χ3v) is 7.09. The first kappa shape index (κ1) is 26.6. The molecule has 3 atom stereocenters. The number of anilines is 1. The number of fused-ring (bicyclic) bond motifs is 1. The second-order valence-electron chi connectivity index (χ2n) is 9.47. The highest BCUT2D eigenvalue weighted by molar-refractivity contribution is 6.28.